The summed E-state index contributed by atoms with van der Waals surface area (Å²) in [6.45, 7) is 0. The van der Waals surface area contributed by atoms with Crippen LogP contribution in [0, 0.1) is 0 Å². The van der Waals surface area contributed by atoms with Crippen molar-refractivity contribution < 1.29 is 13.2 Å². The average Bonchev–Trinajstić information content (AvgIpc) is 2.47. The molecular formula is C18H18F3N. The third-order valence-corrected chi connectivity index (χ3v) is 3.35. The summed E-state index contributed by atoms with van der Waals surface area (Å²) in [5.41, 5.74) is 2.44. The highest BCUT2D eigenvalue weighted by Crippen LogP contribution is 2.29. The van der Waals surface area contributed by atoms with Crippen LogP contribution in [0.4, 0.5) is 18.9 Å². The lowest BCUT2D eigenvalue weighted by Gasteiger charge is -2.12. The van der Waals surface area contributed by atoms with Crippen LogP contribution in [0.1, 0.15) is 16.7 Å². The smallest absolute Gasteiger partial charge is 0.378 e. The quantitative estimate of drug-likeness (QED) is 0.766. The summed E-state index contributed by atoms with van der Waals surface area (Å²) in [6, 6.07) is 13.3. The van der Waals surface area contributed by atoms with Gasteiger partial charge in [-0.15, -0.1) is 0 Å². The van der Waals surface area contributed by atoms with Gasteiger partial charge in [-0.05, 0) is 41.8 Å². The van der Waals surface area contributed by atoms with Gasteiger partial charge >= 0.3 is 6.18 Å². The molecule has 0 atom stereocenters. The molecular weight excluding hydrogens is 287 g/mol. The lowest BCUT2D eigenvalue weighted by atomic mass is 10.1. The average molecular weight is 305 g/mol. The van der Waals surface area contributed by atoms with E-state index in [4.69, 9.17) is 0 Å². The van der Waals surface area contributed by atoms with Crippen LogP contribution in [-0.4, -0.2) is 14.1 Å². The van der Waals surface area contributed by atoms with Crippen LogP contribution in [0.3, 0.4) is 0 Å². The molecule has 0 aromatic heterocycles. The summed E-state index contributed by atoms with van der Waals surface area (Å²) >= 11 is 0. The lowest BCUT2D eigenvalue weighted by Crippen LogP contribution is -2.08. The van der Waals surface area contributed by atoms with Crippen molar-refractivity contribution >= 4 is 11.8 Å². The fraction of sp³-hybridized carbons (Fsp3) is 0.222. The van der Waals surface area contributed by atoms with E-state index in [1.54, 1.807) is 0 Å². The van der Waals surface area contributed by atoms with Gasteiger partial charge in [-0.2, -0.15) is 13.2 Å². The molecule has 0 saturated carbocycles. The van der Waals surface area contributed by atoms with Gasteiger partial charge in [0.05, 0.1) is 5.56 Å². The van der Waals surface area contributed by atoms with E-state index >= 15 is 0 Å². The summed E-state index contributed by atoms with van der Waals surface area (Å²) in [5.74, 6) is 0. The van der Waals surface area contributed by atoms with E-state index in [2.05, 4.69) is 0 Å². The van der Waals surface area contributed by atoms with E-state index in [1.165, 1.54) is 12.1 Å². The van der Waals surface area contributed by atoms with Crippen molar-refractivity contribution in [3.05, 3.63) is 71.3 Å². The van der Waals surface area contributed by atoms with Crippen molar-refractivity contribution in [1.29, 1.82) is 0 Å². The zero-order chi connectivity index (χ0) is 16.2. The Hall–Kier alpha value is -2.23. The standard InChI is InChI=1S/C18H18F3N/c1-22(2)17-12-8-15(9-13-17)5-3-4-14-6-10-16(11-7-14)18(19,20)21/h3-4,6-13H,5H2,1-2H3/b4-3+. The summed E-state index contributed by atoms with van der Waals surface area (Å²) in [6.07, 6.45) is 0.248. The maximum atomic E-state index is 12.5. The monoisotopic (exact) mass is 305 g/mol. The Morgan fingerprint density at radius 1 is 0.909 bits per heavy atom. The molecule has 116 valence electrons. The van der Waals surface area contributed by atoms with Crippen LogP contribution in [-0.2, 0) is 12.6 Å². The minimum absolute atomic E-state index is 0.621. The molecule has 0 aliphatic rings. The first kappa shape index (κ1) is 16.1. The van der Waals surface area contributed by atoms with Crippen LogP contribution >= 0.6 is 0 Å². The van der Waals surface area contributed by atoms with E-state index in [0.29, 0.717) is 0 Å². The van der Waals surface area contributed by atoms with E-state index in [9.17, 15) is 13.2 Å². The van der Waals surface area contributed by atoms with E-state index in [-0.39, 0.29) is 0 Å². The number of rotatable bonds is 4. The third-order valence-electron chi connectivity index (χ3n) is 3.35. The van der Waals surface area contributed by atoms with Gasteiger partial charge in [-0.3, -0.25) is 0 Å². The summed E-state index contributed by atoms with van der Waals surface area (Å²) in [7, 11) is 3.97. The number of hydrogen-bond donors (Lipinski definition) is 0. The van der Waals surface area contributed by atoms with Gasteiger partial charge in [0.15, 0.2) is 0 Å². The molecule has 0 fully saturated rings. The molecule has 2 rings (SSSR count). The van der Waals surface area contributed by atoms with E-state index in [1.807, 2.05) is 55.4 Å². The Morgan fingerprint density at radius 3 is 2.00 bits per heavy atom. The number of nitrogens with zero attached hydrogens (tertiary/aromatic N) is 1. The second-order valence-corrected chi connectivity index (χ2v) is 5.29. The minimum Gasteiger partial charge on any atom is -0.378 e. The maximum absolute atomic E-state index is 12.5. The van der Waals surface area contributed by atoms with Gasteiger partial charge in [-0.25, -0.2) is 0 Å². The lowest BCUT2D eigenvalue weighted by molar-refractivity contribution is -0.137. The molecule has 0 amide bonds. The van der Waals surface area contributed by atoms with E-state index < -0.39 is 11.7 Å². The Labute approximate surface area is 128 Å². The largest absolute Gasteiger partial charge is 0.416 e. The van der Waals surface area contributed by atoms with Gasteiger partial charge in [0.2, 0.25) is 0 Å². The number of benzene rings is 2. The zero-order valence-corrected chi connectivity index (χ0v) is 12.6. The summed E-state index contributed by atoms with van der Waals surface area (Å²) in [4.78, 5) is 2.03. The van der Waals surface area contributed by atoms with Gasteiger partial charge in [0, 0.05) is 19.8 Å². The predicted molar refractivity (Wildman–Crippen MR) is 85.0 cm³/mol. The van der Waals surface area contributed by atoms with Crippen LogP contribution < -0.4 is 4.90 Å². The normalized spacial score (nSPS) is 11.9. The molecule has 2 aromatic carbocycles. The first-order valence-corrected chi connectivity index (χ1v) is 6.96. The first-order chi connectivity index (χ1) is 10.4. The second kappa shape index (κ2) is 6.69. The van der Waals surface area contributed by atoms with Gasteiger partial charge < -0.3 is 4.90 Å². The van der Waals surface area contributed by atoms with Gasteiger partial charge in [0.25, 0.3) is 0 Å². The molecule has 0 unspecified atom stereocenters. The highest BCUT2D eigenvalue weighted by molar-refractivity contribution is 5.51. The van der Waals surface area contributed by atoms with Crippen LogP contribution in [0.2, 0.25) is 0 Å². The highest BCUT2D eigenvalue weighted by atomic mass is 19.4. The van der Waals surface area contributed by atoms with Crippen molar-refractivity contribution in [2.24, 2.45) is 0 Å². The first-order valence-electron chi connectivity index (χ1n) is 6.96. The number of halogens is 3. The number of hydrogen-bond acceptors (Lipinski definition) is 1. The number of allylic oxidation sites excluding steroid dienone is 1. The topological polar surface area (TPSA) is 3.24 Å². The summed E-state index contributed by atoms with van der Waals surface area (Å²) in [5, 5.41) is 0. The Morgan fingerprint density at radius 2 is 1.50 bits per heavy atom. The Balaban J connectivity index is 1.97. The third kappa shape index (κ3) is 4.38. The number of alkyl halides is 3. The fourth-order valence-electron chi connectivity index (χ4n) is 2.04. The van der Waals surface area contributed by atoms with Crippen LogP contribution in [0.25, 0.3) is 6.08 Å². The molecule has 22 heavy (non-hydrogen) atoms. The van der Waals surface area contributed by atoms with Crippen molar-refractivity contribution in [1.82, 2.24) is 0 Å². The Kier molecular flexibility index (Phi) is 4.91. The number of anilines is 1. The van der Waals surface area contributed by atoms with Crippen molar-refractivity contribution in [3.63, 3.8) is 0 Å². The molecule has 2 aromatic rings. The van der Waals surface area contributed by atoms with Crippen molar-refractivity contribution in [3.8, 4) is 0 Å². The zero-order valence-electron chi connectivity index (χ0n) is 12.6. The molecule has 0 saturated heterocycles. The SMILES string of the molecule is CN(C)c1ccc(C/C=C/c2ccc(C(F)(F)F)cc2)cc1. The fourth-order valence-corrected chi connectivity index (χ4v) is 2.04. The summed E-state index contributed by atoms with van der Waals surface area (Å²) < 4.78 is 37.4. The van der Waals surface area contributed by atoms with E-state index in [0.717, 1.165) is 35.4 Å². The van der Waals surface area contributed by atoms with Gasteiger partial charge in [0.1, 0.15) is 0 Å². The molecule has 0 aliphatic heterocycles. The van der Waals surface area contributed by atoms with Crippen molar-refractivity contribution in [2.75, 3.05) is 19.0 Å². The Bertz CT molecular complexity index is 623. The molecule has 0 heterocycles. The molecule has 0 N–H and O–H groups in total. The maximum Gasteiger partial charge on any atom is 0.416 e. The molecule has 0 radical (unpaired) electrons. The van der Waals surface area contributed by atoms with Crippen molar-refractivity contribution in [2.45, 2.75) is 12.6 Å². The molecule has 1 nitrogen and oxygen atoms in total. The van der Waals surface area contributed by atoms with Gasteiger partial charge in [-0.1, -0.05) is 36.4 Å². The molecule has 0 bridgehead atoms. The van der Waals surface area contributed by atoms with Crippen LogP contribution in [0.15, 0.2) is 54.6 Å². The highest BCUT2D eigenvalue weighted by Gasteiger charge is 2.29. The molecule has 4 heteroatoms. The van der Waals surface area contributed by atoms with Crippen LogP contribution in [0.5, 0.6) is 0 Å². The second-order valence-electron chi connectivity index (χ2n) is 5.29. The molecule has 0 aliphatic carbocycles. The molecule has 0 spiro atoms. The minimum atomic E-state index is -4.28. The predicted octanol–water partition coefficient (Wildman–Crippen LogP) is 5.03.